The highest BCUT2D eigenvalue weighted by atomic mass is 16.3. The summed E-state index contributed by atoms with van der Waals surface area (Å²) in [6, 6.07) is 12.2. The quantitative estimate of drug-likeness (QED) is 0.577. The normalized spacial score (nSPS) is 31.1. The Kier molecular flexibility index (Phi) is 5.99. The molecule has 7 nitrogen and oxygen atoms in total. The molecule has 1 aromatic carbocycles. The molecule has 5 fully saturated rings. The van der Waals surface area contributed by atoms with E-state index in [1.807, 2.05) is 24.3 Å². The Balaban J connectivity index is 1.11. The van der Waals surface area contributed by atoms with Gasteiger partial charge in [-0.3, -0.25) is 4.79 Å². The molecule has 5 aliphatic rings. The number of pyridine rings is 1. The highest BCUT2D eigenvalue weighted by molar-refractivity contribution is 5.93. The fourth-order valence-electron chi connectivity index (χ4n) is 7.66. The number of carbonyl (C=O) groups excluding carboxylic acids is 1. The van der Waals surface area contributed by atoms with E-state index in [1.165, 1.54) is 0 Å². The predicted molar refractivity (Wildman–Crippen MR) is 145 cm³/mol. The first kappa shape index (κ1) is 24.7. The van der Waals surface area contributed by atoms with Gasteiger partial charge in [-0.1, -0.05) is 18.2 Å². The molecule has 1 saturated heterocycles. The van der Waals surface area contributed by atoms with Crippen LogP contribution in [0.1, 0.15) is 67.6 Å². The Bertz CT molecular complexity index is 1150. The maximum absolute atomic E-state index is 13.3. The van der Waals surface area contributed by atoms with Crippen molar-refractivity contribution in [2.24, 2.45) is 17.8 Å². The smallest absolute Gasteiger partial charge is 0.270 e. The largest absolute Gasteiger partial charge is 0.390 e. The van der Waals surface area contributed by atoms with E-state index in [0.29, 0.717) is 23.4 Å². The highest BCUT2D eigenvalue weighted by Crippen LogP contribution is 2.55. The minimum Gasteiger partial charge on any atom is -0.390 e. The fourth-order valence-corrected chi connectivity index (χ4v) is 7.66. The molecule has 0 spiro atoms. The van der Waals surface area contributed by atoms with E-state index in [4.69, 9.17) is 4.98 Å². The molecule has 1 aliphatic heterocycles. The summed E-state index contributed by atoms with van der Waals surface area (Å²) < 4.78 is 0. The molecular weight excluding hydrogens is 464 g/mol. The molecule has 2 atom stereocenters. The molecule has 2 aromatic rings. The van der Waals surface area contributed by atoms with E-state index in [2.05, 4.69) is 34.2 Å². The van der Waals surface area contributed by atoms with Crippen molar-refractivity contribution in [2.75, 3.05) is 36.0 Å². The molecule has 1 aromatic heterocycles. The summed E-state index contributed by atoms with van der Waals surface area (Å²) in [4.78, 5) is 22.8. The van der Waals surface area contributed by atoms with Gasteiger partial charge in [0.15, 0.2) is 0 Å². The fraction of sp³-hybridized carbons (Fsp3) is 0.600. The average molecular weight is 505 g/mol. The minimum absolute atomic E-state index is 0.0868. The van der Waals surface area contributed by atoms with Gasteiger partial charge in [-0.25, -0.2) is 4.98 Å². The Hall–Kier alpha value is -2.64. The lowest BCUT2D eigenvalue weighted by Gasteiger charge is -2.58. The third-order valence-electron chi connectivity index (χ3n) is 9.36. The number of carbonyl (C=O) groups is 1. The topological polar surface area (TPSA) is 88.9 Å². The van der Waals surface area contributed by atoms with Gasteiger partial charge in [0.25, 0.3) is 5.91 Å². The number of hydrogen-bond donors (Lipinski definition) is 3. The number of anilines is 2. The molecule has 2 heterocycles. The van der Waals surface area contributed by atoms with Gasteiger partial charge in [-0.05, 0) is 100.0 Å². The summed E-state index contributed by atoms with van der Waals surface area (Å²) in [5.74, 6) is 2.20. The molecule has 4 aliphatic carbocycles. The summed E-state index contributed by atoms with van der Waals surface area (Å²) >= 11 is 0. The number of aryl methyl sites for hydroxylation is 1. The van der Waals surface area contributed by atoms with Crippen molar-refractivity contribution in [3.63, 3.8) is 0 Å². The zero-order valence-corrected chi connectivity index (χ0v) is 22.3. The zero-order valence-electron chi connectivity index (χ0n) is 22.3. The van der Waals surface area contributed by atoms with Gasteiger partial charge in [0, 0.05) is 37.9 Å². The first-order valence-electron chi connectivity index (χ1n) is 13.9. The molecule has 3 N–H and O–H groups in total. The molecule has 7 rings (SSSR count). The van der Waals surface area contributed by atoms with Gasteiger partial charge in [0.2, 0.25) is 0 Å². The average Bonchev–Trinajstić information content (AvgIpc) is 2.85. The van der Waals surface area contributed by atoms with Gasteiger partial charge in [-0.15, -0.1) is 0 Å². The zero-order chi connectivity index (χ0) is 25.9. The number of aliphatic hydroxyl groups is 2. The van der Waals surface area contributed by atoms with Crippen LogP contribution in [-0.2, 0) is 5.60 Å². The van der Waals surface area contributed by atoms with Crippen molar-refractivity contribution in [2.45, 2.75) is 70.1 Å². The van der Waals surface area contributed by atoms with Crippen LogP contribution >= 0.6 is 0 Å². The standard InChI is InChI=1S/C30H40N4O3/c1-19-4-9-25(28(35)32-26-21-14-20-15-22(26)18-30(37,16-20)17-21)31-27(19)34-12-10-33(11-13-34)24-7-5-23(6-8-24)29(2,3)36/h4-9,20-22,26,36-37H,10-18H2,1-3H3,(H,32,35). The van der Waals surface area contributed by atoms with Crippen molar-refractivity contribution >= 4 is 17.4 Å². The molecular formula is C30H40N4O3. The van der Waals surface area contributed by atoms with Crippen molar-refractivity contribution in [3.8, 4) is 0 Å². The number of rotatable bonds is 5. The number of nitrogens with one attached hydrogen (secondary N) is 1. The van der Waals surface area contributed by atoms with E-state index < -0.39 is 11.2 Å². The number of benzene rings is 1. The molecule has 1 amide bonds. The van der Waals surface area contributed by atoms with Crippen LogP contribution in [0.3, 0.4) is 0 Å². The lowest BCUT2D eigenvalue weighted by molar-refractivity contribution is -0.136. The Morgan fingerprint density at radius 1 is 0.973 bits per heavy atom. The third-order valence-corrected chi connectivity index (χ3v) is 9.36. The van der Waals surface area contributed by atoms with E-state index in [9.17, 15) is 15.0 Å². The Labute approximate surface area is 219 Å². The molecule has 37 heavy (non-hydrogen) atoms. The number of aromatic nitrogens is 1. The van der Waals surface area contributed by atoms with Crippen molar-refractivity contribution in [3.05, 3.63) is 53.2 Å². The first-order valence-corrected chi connectivity index (χ1v) is 13.9. The summed E-state index contributed by atoms with van der Waals surface area (Å²) in [6.07, 6.45) is 4.84. The Morgan fingerprint density at radius 3 is 2.19 bits per heavy atom. The van der Waals surface area contributed by atoms with Gasteiger partial charge in [0.1, 0.15) is 11.5 Å². The lowest BCUT2D eigenvalue weighted by atomic mass is 9.52. The molecule has 7 heteroatoms. The van der Waals surface area contributed by atoms with Crippen LogP contribution in [0.2, 0.25) is 0 Å². The van der Waals surface area contributed by atoms with Crippen molar-refractivity contribution < 1.29 is 15.0 Å². The minimum atomic E-state index is -0.838. The SMILES string of the molecule is Cc1ccc(C(=O)NC2C3CC4CC2CC(O)(C4)C3)nc1N1CCN(c2ccc(C(C)(C)O)cc2)CC1. The monoisotopic (exact) mass is 504 g/mol. The van der Waals surface area contributed by atoms with E-state index in [-0.39, 0.29) is 11.9 Å². The maximum atomic E-state index is 13.3. The van der Waals surface area contributed by atoms with Gasteiger partial charge in [0.05, 0.1) is 11.2 Å². The second-order valence-electron chi connectivity index (χ2n) is 12.6. The van der Waals surface area contributed by atoms with Gasteiger partial charge in [-0.2, -0.15) is 0 Å². The maximum Gasteiger partial charge on any atom is 0.270 e. The van der Waals surface area contributed by atoms with Crippen LogP contribution in [0.25, 0.3) is 0 Å². The second-order valence-corrected chi connectivity index (χ2v) is 12.6. The molecule has 198 valence electrons. The van der Waals surface area contributed by atoms with E-state index in [0.717, 1.165) is 80.9 Å². The number of hydrogen-bond acceptors (Lipinski definition) is 6. The predicted octanol–water partition coefficient (Wildman–Crippen LogP) is 3.61. The summed E-state index contributed by atoms with van der Waals surface area (Å²) in [7, 11) is 0. The number of nitrogens with zero attached hydrogens (tertiary/aromatic N) is 3. The number of piperazine rings is 1. The van der Waals surface area contributed by atoms with Gasteiger partial charge >= 0.3 is 0 Å². The lowest BCUT2D eigenvalue weighted by Crippen LogP contribution is -2.61. The van der Waals surface area contributed by atoms with Crippen LogP contribution in [-0.4, -0.2) is 58.9 Å². The highest BCUT2D eigenvalue weighted by Gasteiger charge is 2.55. The molecule has 4 bridgehead atoms. The molecule has 0 radical (unpaired) electrons. The third kappa shape index (κ3) is 4.72. The van der Waals surface area contributed by atoms with E-state index >= 15 is 0 Å². The van der Waals surface area contributed by atoms with Crippen molar-refractivity contribution in [1.29, 1.82) is 0 Å². The first-order chi connectivity index (χ1) is 17.6. The molecule has 4 saturated carbocycles. The number of amides is 1. The van der Waals surface area contributed by atoms with Crippen LogP contribution < -0.4 is 15.1 Å². The van der Waals surface area contributed by atoms with Crippen LogP contribution in [0, 0.1) is 24.7 Å². The summed E-state index contributed by atoms with van der Waals surface area (Å²) in [5.41, 5.74) is 2.30. The van der Waals surface area contributed by atoms with Crippen LogP contribution in [0.15, 0.2) is 36.4 Å². The van der Waals surface area contributed by atoms with Crippen molar-refractivity contribution in [1.82, 2.24) is 10.3 Å². The Morgan fingerprint density at radius 2 is 1.59 bits per heavy atom. The van der Waals surface area contributed by atoms with E-state index in [1.54, 1.807) is 13.8 Å². The summed E-state index contributed by atoms with van der Waals surface area (Å²) in [6.45, 7) is 9.07. The molecule has 2 unspecified atom stereocenters. The van der Waals surface area contributed by atoms with Gasteiger partial charge < -0.3 is 25.3 Å². The summed E-state index contributed by atoms with van der Waals surface area (Å²) in [5, 5.41) is 24.4. The van der Waals surface area contributed by atoms with Crippen LogP contribution in [0.4, 0.5) is 11.5 Å². The second kappa shape index (κ2) is 8.98. The van der Waals surface area contributed by atoms with Crippen LogP contribution in [0.5, 0.6) is 0 Å².